The van der Waals surface area contributed by atoms with Crippen LogP contribution in [0.5, 0.6) is 0 Å². The van der Waals surface area contributed by atoms with Gasteiger partial charge in [-0.05, 0) is 30.2 Å². The van der Waals surface area contributed by atoms with Gasteiger partial charge in [-0.15, -0.1) is 0 Å². The molecule has 2 rings (SSSR count). The quantitative estimate of drug-likeness (QED) is 0.892. The molecule has 0 aliphatic heterocycles. The van der Waals surface area contributed by atoms with Gasteiger partial charge in [0.15, 0.2) is 0 Å². The minimum absolute atomic E-state index is 0.407. The van der Waals surface area contributed by atoms with Gasteiger partial charge >= 0.3 is 0 Å². The molecular formula is C15H27N3. The number of hydrogen-bond acceptors (Lipinski definition) is 2. The lowest BCUT2D eigenvalue weighted by atomic mass is 9.69. The second kappa shape index (κ2) is 5.43. The van der Waals surface area contributed by atoms with E-state index >= 15 is 0 Å². The largest absolute Gasteiger partial charge is 0.308 e. The van der Waals surface area contributed by atoms with Crippen molar-refractivity contribution < 1.29 is 0 Å². The van der Waals surface area contributed by atoms with E-state index in [2.05, 4.69) is 37.3 Å². The molecule has 3 nitrogen and oxygen atoms in total. The maximum Gasteiger partial charge on any atom is 0.0518 e. The van der Waals surface area contributed by atoms with Crippen LogP contribution in [0.15, 0.2) is 12.3 Å². The van der Waals surface area contributed by atoms with E-state index in [1.54, 1.807) is 0 Å². The summed E-state index contributed by atoms with van der Waals surface area (Å²) in [6.07, 6.45) is 7.33. The van der Waals surface area contributed by atoms with Gasteiger partial charge in [0.1, 0.15) is 0 Å². The fourth-order valence-electron chi connectivity index (χ4n) is 3.22. The third-order valence-corrected chi connectivity index (χ3v) is 4.35. The second-order valence-corrected chi connectivity index (χ2v) is 6.69. The molecule has 1 fully saturated rings. The molecule has 18 heavy (non-hydrogen) atoms. The van der Waals surface area contributed by atoms with Gasteiger partial charge in [-0.2, -0.15) is 5.10 Å². The van der Waals surface area contributed by atoms with E-state index in [9.17, 15) is 0 Å². The zero-order valence-corrected chi connectivity index (χ0v) is 12.2. The van der Waals surface area contributed by atoms with Crippen molar-refractivity contribution in [2.24, 2.45) is 18.4 Å². The Morgan fingerprint density at radius 3 is 2.67 bits per heavy atom. The summed E-state index contributed by atoms with van der Waals surface area (Å²) in [6.45, 7) is 8.07. The highest BCUT2D eigenvalue weighted by Crippen LogP contribution is 2.38. The minimum Gasteiger partial charge on any atom is -0.308 e. The predicted octanol–water partition coefficient (Wildman–Crippen LogP) is 3.11. The van der Waals surface area contributed by atoms with Crippen LogP contribution in [-0.4, -0.2) is 15.8 Å². The zero-order valence-electron chi connectivity index (χ0n) is 12.2. The van der Waals surface area contributed by atoms with Crippen LogP contribution < -0.4 is 5.32 Å². The number of nitrogens with zero attached hydrogens (tertiary/aromatic N) is 2. The minimum atomic E-state index is 0.407. The van der Waals surface area contributed by atoms with Crippen molar-refractivity contribution in [2.45, 2.75) is 59.0 Å². The molecule has 3 heteroatoms. The Kier molecular flexibility index (Phi) is 4.10. The van der Waals surface area contributed by atoms with E-state index in [0.717, 1.165) is 12.5 Å². The van der Waals surface area contributed by atoms with Crippen LogP contribution in [0.3, 0.4) is 0 Å². The Morgan fingerprint density at radius 2 is 2.06 bits per heavy atom. The molecule has 1 heterocycles. The Labute approximate surface area is 111 Å². The molecule has 1 saturated carbocycles. The molecule has 102 valence electrons. The maximum atomic E-state index is 4.22. The molecule has 0 bridgehead atoms. The van der Waals surface area contributed by atoms with Gasteiger partial charge in [-0.1, -0.05) is 33.6 Å². The standard InChI is InChI=1S/C15H27N3/c1-15(2,3)13-7-5-6-8-14(13)16-11-12-9-10-17-18(12)4/h9-10,13-14,16H,5-8,11H2,1-4H3. The van der Waals surface area contributed by atoms with Gasteiger partial charge in [-0.3, -0.25) is 4.68 Å². The van der Waals surface area contributed by atoms with Crippen molar-refractivity contribution in [1.29, 1.82) is 0 Å². The molecule has 1 aliphatic rings. The van der Waals surface area contributed by atoms with Gasteiger partial charge < -0.3 is 5.32 Å². The topological polar surface area (TPSA) is 29.9 Å². The Bertz CT molecular complexity index is 375. The number of nitrogens with one attached hydrogen (secondary N) is 1. The Balaban J connectivity index is 1.96. The summed E-state index contributed by atoms with van der Waals surface area (Å²) in [7, 11) is 2.01. The Morgan fingerprint density at radius 1 is 1.33 bits per heavy atom. The summed E-state index contributed by atoms with van der Waals surface area (Å²) < 4.78 is 1.96. The number of hydrogen-bond donors (Lipinski definition) is 1. The zero-order chi connectivity index (χ0) is 13.2. The van der Waals surface area contributed by atoms with Crippen molar-refractivity contribution in [3.05, 3.63) is 18.0 Å². The molecular weight excluding hydrogens is 222 g/mol. The summed E-state index contributed by atoms with van der Waals surface area (Å²) in [6, 6.07) is 2.76. The van der Waals surface area contributed by atoms with Crippen LogP contribution in [0.4, 0.5) is 0 Å². The predicted molar refractivity (Wildman–Crippen MR) is 75.2 cm³/mol. The number of rotatable bonds is 3. The van der Waals surface area contributed by atoms with Gasteiger partial charge in [0.05, 0.1) is 5.69 Å². The molecule has 1 N–H and O–H groups in total. The summed E-state index contributed by atoms with van der Waals surface area (Å²) in [5.74, 6) is 0.791. The molecule has 1 aromatic heterocycles. The highest BCUT2D eigenvalue weighted by molar-refractivity contribution is 5.00. The van der Waals surface area contributed by atoms with Crippen LogP contribution in [0, 0.1) is 11.3 Å². The van der Waals surface area contributed by atoms with E-state index in [1.807, 2.05) is 17.9 Å². The van der Waals surface area contributed by atoms with Crippen molar-refractivity contribution in [1.82, 2.24) is 15.1 Å². The molecule has 0 radical (unpaired) electrons. The molecule has 2 atom stereocenters. The monoisotopic (exact) mass is 249 g/mol. The fraction of sp³-hybridized carbons (Fsp3) is 0.800. The molecule has 0 aromatic carbocycles. The average Bonchev–Trinajstić information content (AvgIpc) is 2.71. The Hall–Kier alpha value is -0.830. The molecule has 1 aromatic rings. The summed E-state index contributed by atoms with van der Waals surface area (Å²) in [5.41, 5.74) is 1.68. The third kappa shape index (κ3) is 3.14. The lowest BCUT2D eigenvalue weighted by Gasteiger charge is -2.41. The fourth-order valence-corrected chi connectivity index (χ4v) is 3.22. The summed E-state index contributed by atoms with van der Waals surface area (Å²) >= 11 is 0. The van der Waals surface area contributed by atoms with Crippen molar-refractivity contribution in [3.63, 3.8) is 0 Å². The van der Waals surface area contributed by atoms with Crippen LogP contribution in [0.2, 0.25) is 0 Å². The number of aryl methyl sites for hydroxylation is 1. The molecule has 0 amide bonds. The van der Waals surface area contributed by atoms with Crippen molar-refractivity contribution >= 4 is 0 Å². The third-order valence-electron chi connectivity index (χ3n) is 4.35. The van der Waals surface area contributed by atoms with Crippen LogP contribution in [-0.2, 0) is 13.6 Å². The highest BCUT2D eigenvalue weighted by Gasteiger charge is 2.33. The van der Waals surface area contributed by atoms with Gasteiger partial charge in [0.2, 0.25) is 0 Å². The van der Waals surface area contributed by atoms with Crippen LogP contribution in [0.25, 0.3) is 0 Å². The molecule has 1 aliphatic carbocycles. The van der Waals surface area contributed by atoms with Gasteiger partial charge in [0, 0.05) is 25.8 Å². The van der Waals surface area contributed by atoms with Crippen molar-refractivity contribution in [3.8, 4) is 0 Å². The molecule has 0 saturated heterocycles. The van der Waals surface area contributed by atoms with E-state index in [-0.39, 0.29) is 0 Å². The average molecular weight is 249 g/mol. The lowest BCUT2D eigenvalue weighted by molar-refractivity contribution is 0.129. The van der Waals surface area contributed by atoms with E-state index in [0.29, 0.717) is 11.5 Å². The summed E-state index contributed by atoms with van der Waals surface area (Å²) in [4.78, 5) is 0. The van der Waals surface area contributed by atoms with Gasteiger partial charge in [0.25, 0.3) is 0 Å². The van der Waals surface area contributed by atoms with E-state index in [1.165, 1.54) is 31.4 Å². The lowest BCUT2D eigenvalue weighted by Crippen LogP contribution is -2.44. The first-order valence-corrected chi connectivity index (χ1v) is 7.19. The van der Waals surface area contributed by atoms with Gasteiger partial charge in [-0.25, -0.2) is 0 Å². The highest BCUT2D eigenvalue weighted by atomic mass is 15.3. The molecule has 0 spiro atoms. The van der Waals surface area contributed by atoms with E-state index < -0.39 is 0 Å². The first kappa shape index (κ1) is 13.6. The second-order valence-electron chi connectivity index (χ2n) is 6.69. The first-order valence-electron chi connectivity index (χ1n) is 7.19. The SMILES string of the molecule is Cn1nccc1CNC1CCCCC1C(C)(C)C. The van der Waals surface area contributed by atoms with Crippen LogP contribution in [0.1, 0.15) is 52.1 Å². The van der Waals surface area contributed by atoms with Crippen LogP contribution >= 0.6 is 0 Å². The van der Waals surface area contributed by atoms with Crippen molar-refractivity contribution in [2.75, 3.05) is 0 Å². The summed E-state index contributed by atoms with van der Waals surface area (Å²) in [5, 5.41) is 7.99. The van der Waals surface area contributed by atoms with E-state index in [4.69, 9.17) is 0 Å². The smallest absolute Gasteiger partial charge is 0.0518 e. The normalized spacial score (nSPS) is 25.3. The first-order chi connectivity index (χ1) is 8.48. The molecule has 2 unspecified atom stereocenters. The number of aromatic nitrogens is 2. The maximum absolute atomic E-state index is 4.22.